The predicted molar refractivity (Wildman–Crippen MR) is 110 cm³/mol. The summed E-state index contributed by atoms with van der Waals surface area (Å²) in [6, 6.07) is 18.8. The fourth-order valence-corrected chi connectivity index (χ4v) is 3.25. The van der Waals surface area contributed by atoms with Gasteiger partial charge >= 0.3 is 6.03 Å². The smallest absolute Gasteiger partial charge is 0.325 e. The van der Waals surface area contributed by atoms with Crippen LogP contribution in [-0.4, -0.2) is 37.2 Å². The Bertz CT molecular complexity index is 1070. The first kappa shape index (κ1) is 18.8. The van der Waals surface area contributed by atoms with E-state index in [2.05, 4.69) is 34.9 Å². The summed E-state index contributed by atoms with van der Waals surface area (Å²) in [5, 5.41) is 7.30. The van der Waals surface area contributed by atoms with E-state index in [-0.39, 0.29) is 19.2 Å². The monoisotopic (exact) mass is 391 g/mol. The van der Waals surface area contributed by atoms with Crippen molar-refractivity contribution in [1.82, 2.24) is 10.2 Å². The number of likely N-dealkylation sites (N-methyl/N-ethyl adjacent to an activating group) is 1. The number of carbonyl (C=O) groups is 2. The van der Waals surface area contributed by atoms with E-state index in [0.29, 0.717) is 23.7 Å². The van der Waals surface area contributed by atoms with Crippen LogP contribution in [0.2, 0.25) is 0 Å². The van der Waals surface area contributed by atoms with E-state index in [1.807, 2.05) is 30.1 Å². The van der Waals surface area contributed by atoms with Crippen LogP contribution in [0.1, 0.15) is 5.56 Å². The summed E-state index contributed by atoms with van der Waals surface area (Å²) in [5.41, 5.74) is 1.62. The quantitative estimate of drug-likeness (QED) is 0.697. The van der Waals surface area contributed by atoms with E-state index in [0.717, 1.165) is 10.9 Å². The maximum absolute atomic E-state index is 12.2. The zero-order valence-corrected chi connectivity index (χ0v) is 16.0. The van der Waals surface area contributed by atoms with E-state index in [4.69, 9.17) is 9.47 Å². The molecule has 3 aromatic rings. The molecule has 2 N–H and O–H groups in total. The van der Waals surface area contributed by atoms with Gasteiger partial charge < -0.3 is 14.8 Å². The van der Waals surface area contributed by atoms with Crippen molar-refractivity contribution in [3.8, 4) is 11.5 Å². The second-order valence-corrected chi connectivity index (χ2v) is 6.92. The summed E-state index contributed by atoms with van der Waals surface area (Å²) >= 11 is 0. The Kier molecular flexibility index (Phi) is 5.31. The van der Waals surface area contributed by atoms with Crippen LogP contribution in [0.15, 0.2) is 60.7 Å². The molecule has 4 rings (SSSR count). The molecule has 0 atom stereocenters. The Labute approximate surface area is 168 Å². The number of hydrogen-bond donors (Lipinski definition) is 2. The maximum atomic E-state index is 12.2. The van der Waals surface area contributed by atoms with Crippen LogP contribution in [0.25, 0.3) is 10.8 Å². The van der Waals surface area contributed by atoms with E-state index >= 15 is 0 Å². The lowest BCUT2D eigenvalue weighted by Crippen LogP contribution is -2.40. The number of anilines is 1. The molecule has 0 radical (unpaired) electrons. The normalized spacial score (nSPS) is 12.2. The van der Waals surface area contributed by atoms with Gasteiger partial charge in [-0.05, 0) is 41.6 Å². The van der Waals surface area contributed by atoms with Crippen molar-refractivity contribution in [3.63, 3.8) is 0 Å². The van der Waals surface area contributed by atoms with Crippen LogP contribution in [0.5, 0.6) is 11.5 Å². The SMILES string of the molecule is CN(CC(=O)NC(=O)Nc1ccc2c(c1)OCO2)Cc1ccc2ccccc2c1. The highest BCUT2D eigenvalue weighted by Gasteiger charge is 2.15. The van der Waals surface area contributed by atoms with Gasteiger partial charge in [0, 0.05) is 18.3 Å². The van der Waals surface area contributed by atoms with Gasteiger partial charge in [-0.2, -0.15) is 0 Å². The summed E-state index contributed by atoms with van der Waals surface area (Å²) in [5.74, 6) is 0.804. The molecule has 1 aliphatic heterocycles. The van der Waals surface area contributed by atoms with Crippen LogP contribution in [0.4, 0.5) is 10.5 Å². The molecule has 0 bridgehead atoms. The second kappa shape index (κ2) is 8.20. The number of rotatable bonds is 5. The number of fused-ring (bicyclic) bond motifs is 2. The average molecular weight is 391 g/mol. The number of nitrogens with one attached hydrogen (secondary N) is 2. The van der Waals surface area contributed by atoms with Gasteiger partial charge in [0.25, 0.3) is 0 Å². The maximum Gasteiger partial charge on any atom is 0.325 e. The molecule has 1 heterocycles. The third kappa shape index (κ3) is 4.64. The van der Waals surface area contributed by atoms with Crippen LogP contribution in [0, 0.1) is 0 Å². The fourth-order valence-electron chi connectivity index (χ4n) is 3.25. The topological polar surface area (TPSA) is 79.9 Å². The standard InChI is InChI=1S/C22H21N3O4/c1-25(12-15-6-7-16-4-2-3-5-17(16)10-15)13-21(26)24-22(27)23-18-8-9-19-20(11-18)29-14-28-19/h2-11H,12-14H2,1H3,(H2,23,24,26,27). The van der Waals surface area contributed by atoms with Crippen LogP contribution in [0.3, 0.4) is 0 Å². The molecule has 7 heteroatoms. The number of amides is 3. The van der Waals surface area contributed by atoms with Crippen molar-refractivity contribution in [2.45, 2.75) is 6.54 Å². The van der Waals surface area contributed by atoms with E-state index < -0.39 is 6.03 Å². The molecule has 0 spiro atoms. The Morgan fingerprint density at radius 3 is 2.62 bits per heavy atom. The zero-order valence-electron chi connectivity index (χ0n) is 16.0. The number of nitrogens with zero attached hydrogens (tertiary/aromatic N) is 1. The van der Waals surface area contributed by atoms with Crippen molar-refractivity contribution in [3.05, 3.63) is 66.2 Å². The highest BCUT2D eigenvalue weighted by Crippen LogP contribution is 2.34. The van der Waals surface area contributed by atoms with Crippen molar-refractivity contribution < 1.29 is 19.1 Å². The van der Waals surface area contributed by atoms with Crippen molar-refractivity contribution in [1.29, 1.82) is 0 Å². The summed E-state index contributed by atoms with van der Waals surface area (Å²) in [7, 11) is 1.84. The number of urea groups is 1. The highest BCUT2D eigenvalue weighted by atomic mass is 16.7. The molecule has 0 aliphatic carbocycles. The Hall–Kier alpha value is -3.58. The molecule has 3 amide bonds. The molecule has 0 saturated carbocycles. The molecule has 148 valence electrons. The minimum atomic E-state index is -0.590. The molecular weight excluding hydrogens is 370 g/mol. The average Bonchev–Trinajstić information content (AvgIpc) is 3.15. The largest absolute Gasteiger partial charge is 0.454 e. The van der Waals surface area contributed by atoms with Gasteiger partial charge in [0.05, 0.1) is 6.54 Å². The van der Waals surface area contributed by atoms with Gasteiger partial charge in [-0.15, -0.1) is 0 Å². The van der Waals surface area contributed by atoms with Gasteiger partial charge in [-0.25, -0.2) is 4.79 Å². The predicted octanol–water partition coefficient (Wildman–Crippen LogP) is 3.35. The lowest BCUT2D eigenvalue weighted by Gasteiger charge is -2.16. The van der Waals surface area contributed by atoms with E-state index in [9.17, 15) is 9.59 Å². The highest BCUT2D eigenvalue weighted by molar-refractivity contribution is 6.01. The van der Waals surface area contributed by atoms with Gasteiger partial charge in [-0.1, -0.05) is 36.4 Å². The third-order valence-electron chi connectivity index (χ3n) is 4.56. The number of carbonyl (C=O) groups excluding carboxylic acids is 2. The summed E-state index contributed by atoms with van der Waals surface area (Å²) < 4.78 is 10.5. The first-order valence-electron chi connectivity index (χ1n) is 9.23. The summed E-state index contributed by atoms with van der Waals surface area (Å²) in [6.07, 6.45) is 0. The fraction of sp³-hybridized carbons (Fsp3) is 0.182. The van der Waals surface area contributed by atoms with Gasteiger partial charge in [0.2, 0.25) is 12.7 Å². The van der Waals surface area contributed by atoms with E-state index in [1.165, 1.54) is 5.39 Å². The molecule has 3 aromatic carbocycles. The van der Waals surface area contributed by atoms with Crippen LogP contribution >= 0.6 is 0 Å². The van der Waals surface area contributed by atoms with Crippen molar-refractivity contribution >= 4 is 28.4 Å². The van der Waals surface area contributed by atoms with Crippen LogP contribution in [-0.2, 0) is 11.3 Å². The molecule has 29 heavy (non-hydrogen) atoms. The molecule has 0 fully saturated rings. The Morgan fingerprint density at radius 1 is 0.966 bits per heavy atom. The summed E-state index contributed by atoms with van der Waals surface area (Å²) in [6.45, 7) is 0.858. The number of benzene rings is 3. The van der Waals surface area contributed by atoms with E-state index in [1.54, 1.807) is 18.2 Å². The third-order valence-corrected chi connectivity index (χ3v) is 4.56. The number of ether oxygens (including phenoxy) is 2. The minimum Gasteiger partial charge on any atom is -0.454 e. The van der Waals surface area contributed by atoms with Crippen LogP contribution < -0.4 is 20.1 Å². The molecule has 0 saturated heterocycles. The van der Waals surface area contributed by atoms with Gasteiger partial charge in [-0.3, -0.25) is 15.0 Å². The minimum absolute atomic E-state index is 0.0986. The first-order chi connectivity index (χ1) is 14.1. The zero-order chi connectivity index (χ0) is 20.2. The van der Waals surface area contributed by atoms with Gasteiger partial charge in [0.15, 0.2) is 11.5 Å². The Balaban J connectivity index is 1.28. The molecule has 1 aliphatic rings. The molecule has 0 unspecified atom stereocenters. The lowest BCUT2D eigenvalue weighted by atomic mass is 10.1. The second-order valence-electron chi connectivity index (χ2n) is 6.92. The van der Waals surface area contributed by atoms with Crippen molar-refractivity contribution in [2.75, 3.05) is 25.7 Å². The van der Waals surface area contributed by atoms with Gasteiger partial charge in [0.1, 0.15) is 0 Å². The molecule has 0 aromatic heterocycles. The van der Waals surface area contributed by atoms with Crippen molar-refractivity contribution in [2.24, 2.45) is 0 Å². The molecular formula is C22H21N3O4. The lowest BCUT2D eigenvalue weighted by molar-refractivity contribution is -0.120. The number of imide groups is 1. The number of hydrogen-bond acceptors (Lipinski definition) is 5. The molecule has 7 nitrogen and oxygen atoms in total. The first-order valence-corrected chi connectivity index (χ1v) is 9.23. The summed E-state index contributed by atoms with van der Waals surface area (Å²) in [4.78, 5) is 26.1. The Morgan fingerprint density at radius 2 is 1.76 bits per heavy atom.